The molecule has 0 fully saturated rings. The SMILES string of the molecule is COC(=O)c1ccccc1Sc1cnc2ccccc2n1. The van der Waals surface area contributed by atoms with E-state index in [1.54, 1.807) is 12.3 Å². The van der Waals surface area contributed by atoms with Gasteiger partial charge in [0.1, 0.15) is 5.03 Å². The van der Waals surface area contributed by atoms with Crippen LogP contribution in [0.5, 0.6) is 0 Å². The highest BCUT2D eigenvalue weighted by atomic mass is 32.2. The van der Waals surface area contributed by atoms with Gasteiger partial charge in [0.2, 0.25) is 0 Å². The molecule has 0 atom stereocenters. The van der Waals surface area contributed by atoms with E-state index < -0.39 is 0 Å². The fraction of sp³-hybridized carbons (Fsp3) is 0.0625. The van der Waals surface area contributed by atoms with Crippen LogP contribution in [-0.4, -0.2) is 23.0 Å². The van der Waals surface area contributed by atoms with Crippen molar-refractivity contribution in [3.63, 3.8) is 0 Å². The lowest BCUT2D eigenvalue weighted by Gasteiger charge is -2.07. The van der Waals surface area contributed by atoms with Gasteiger partial charge < -0.3 is 4.74 Å². The largest absolute Gasteiger partial charge is 0.465 e. The minimum absolute atomic E-state index is 0.355. The van der Waals surface area contributed by atoms with Gasteiger partial charge in [-0.2, -0.15) is 0 Å². The number of methoxy groups -OCH3 is 1. The molecule has 5 heteroatoms. The van der Waals surface area contributed by atoms with E-state index in [2.05, 4.69) is 9.97 Å². The summed E-state index contributed by atoms with van der Waals surface area (Å²) >= 11 is 1.40. The maximum Gasteiger partial charge on any atom is 0.339 e. The zero-order valence-corrected chi connectivity index (χ0v) is 12.1. The first-order valence-corrected chi connectivity index (χ1v) is 7.16. The number of ether oxygens (including phenoxy) is 1. The summed E-state index contributed by atoms with van der Waals surface area (Å²) in [5.41, 5.74) is 2.21. The van der Waals surface area contributed by atoms with E-state index in [0.29, 0.717) is 5.56 Å². The molecule has 0 bridgehead atoms. The van der Waals surface area contributed by atoms with Crippen molar-refractivity contribution in [1.82, 2.24) is 9.97 Å². The summed E-state index contributed by atoms with van der Waals surface area (Å²) in [6, 6.07) is 15.0. The summed E-state index contributed by atoms with van der Waals surface area (Å²) in [6.45, 7) is 0. The molecule has 0 spiro atoms. The zero-order valence-electron chi connectivity index (χ0n) is 11.3. The maximum absolute atomic E-state index is 11.8. The Morgan fingerprint density at radius 1 is 1.05 bits per heavy atom. The highest BCUT2D eigenvalue weighted by Gasteiger charge is 2.12. The number of benzene rings is 2. The molecule has 0 saturated carbocycles. The molecule has 3 rings (SSSR count). The fourth-order valence-corrected chi connectivity index (χ4v) is 2.82. The second-order valence-electron chi connectivity index (χ2n) is 4.29. The van der Waals surface area contributed by atoms with Crippen LogP contribution < -0.4 is 0 Å². The van der Waals surface area contributed by atoms with Gasteiger partial charge in [0.25, 0.3) is 0 Å². The van der Waals surface area contributed by atoms with Crippen molar-refractivity contribution in [3.8, 4) is 0 Å². The third-order valence-corrected chi connectivity index (χ3v) is 3.92. The molecule has 0 saturated heterocycles. The molecule has 3 aromatic rings. The molecule has 0 unspecified atom stereocenters. The maximum atomic E-state index is 11.8. The Balaban J connectivity index is 1.97. The second-order valence-corrected chi connectivity index (χ2v) is 5.35. The summed E-state index contributed by atoms with van der Waals surface area (Å²) in [7, 11) is 1.37. The normalized spacial score (nSPS) is 10.5. The molecule has 21 heavy (non-hydrogen) atoms. The van der Waals surface area contributed by atoms with Crippen LogP contribution in [0.25, 0.3) is 11.0 Å². The monoisotopic (exact) mass is 296 g/mol. The second kappa shape index (κ2) is 5.93. The van der Waals surface area contributed by atoms with E-state index in [0.717, 1.165) is 21.0 Å². The van der Waals surface area contributed by atoms with Gasteiger partial charge in [-0.1, -0.05) is 36.0 Å². The number of rotatable bonds is 3. The Hall–Kier alpha value is -2.40. The Labute approximate surface area is 126 Å². The van der Waals surface area contributed by atoms with Gasteiger partial charge >= 0.3 is 5.97 Å². The average molecular weight is 296 g/mol. The van der Waals surface area contributed by atoms with E-state index in [1.165, 1.54) is 18.9 Å². The third kappa shape index (κ3) is 2.87. The Kier molecular flexibility index (Phi) is 3.83. The van der Waals surface area contributed by atoms with Gasteiger partial charge in [-0.15, -0.1) is 0 Å². The number of aromatic nitrogens is 2. The summed E-state index contributed by atoms with van der Waals surface area (Å²) in [5, 5.41) is 0.741. The smallest absolute Gasteiger partial charge is 0.339 e. The van der Waals surface area contributed by atoms with E-state index in [-0.39, 0.29) is 5.97 Å². The molecule has 0 amide bonds. The molecule has 1 aromatic heterocycles. The molecule has 0 aliphatic rings. The van der Waals surface area contributed by atoms with Gasteiger partial charge in [-0.25, -0.2) is 9.78 Å². The lowest BCUT2D eigenvalue weighted by Crippen LogP contribution is -2.02. The van der Waals surface area contributed by atoms with Crippen molar-refractivity contribution in [2.75, 3.05) is 7.11 Å². The number of carbonyl (C=O) groups is 1. The van der Waals surface area contributed by atoms with Crippen molar-refractivity contribution in [2.45, 2.75) is 9.92 Å². The molecule has 4 nitrogen and oxygen atoms in total. The van der Waals surface area contributed by atoms with Crippen molar-refractivity contribution >= 4 is 28.8 Å². The fourth-order valence-electron chi connectivity index (χ4n) is 1.94. The lowest BCUT2D eigenvalue weighted by molar-refractivity contribution is 0.0597. The molecule has 0 aliphatic carbocycles. The predicted molar refractivity (Wildman–Crippen MR) is 81.4 cm³/mol. The van der Waals surface area contributed by atoms with Gasteiger partial charge in [0.15, 0.2) is 0 Å². The standard InChI is InChI=1S/C16H12N2O2S/c1-20-16(19)11-6-2-5-9-14(11)21-15-10-17-12-7-3-4-8-13(12)18-15/h2-10H,1H3. The molecular weight excluding hydrogens is 284 g/mol. The van der Waals surface area contributed by atoms with Crippen LogP contribution in [0.3, 0.4) is 0 Å². The summed E-state index contributed by atoms with van der Waals surface area (Å²) in [5.74, 6) is -0.355. The van der Waals surface area contributed by atoms with Crippen molar-refractivity contribution in [1.29, 1.82) is 0 Å². The summed E-state index contributed by atoms with van der Waals surface area (Å²) in [4.78, 5) is 21.5. The Bertz CT molecular complexity index is 805. The predicted octanol–water partition coefficient (Wildman–Crippen LogP) is 3.57. The van der Waals surface area contributed by atoms with Crippen molar-refractivity contribution < 1.29 is 9.53 Å². The van der Waals surface area contributed by atoms with E-state index in [9.17, 15) is 4.79 Å². The van der Waals surface area contributed by atoms with Gasteiger partial charge in [-0.3, -0.25) is 4.98 Å². The number of carbonyl (C=O) groups excluding carboxylic acids is 1. The van der Waals surface area contributed by atoms with Crippen LogP contribution in [0.4, 0.5) is 0 Å². The van der Waals surface area contributed by atoms with E-state index >= 15 is 0 Å². The minimum Gasteiger partial charge on any atom is -0.465 e. The highest BCUT2D eigenvalue weighted by Crippen LogP contribution is 2.29. The number of esters is 1. The summed E-state index contributed by atoms with van der Waals surface area (Å²) in [6.07, 6.45) is 1.71. The molecule has 0 N–H and O–H groups in total. The van der Waals surface area contributed by atoms with Crippen molar-refractivity contribution in [3.05, 3.63) is 60.3 Å². The van der Waals surface area contributed by atoms with Crippen LogP contribution in [-0.2, 0) is 4.74 Å². The number of para-hydroxylation sites is 2. The van der Waals surface area contributed by atoms with Crippen LogP contribution in [0, 0.1) is 0 Å². The topological polar surface area (TPSA) is 52.1 Å². The average Bonchev–Trinajstić information content (AvgIpc) is 2.54. The van der Waals surface area contributed by atoms with Gasteiger partial charge in [0, 0.05) is 4.90 Å². The van der Waals surface area contributed by atoms with Gasteiger partial charge in [-0.05, 0) is 24.3 Å². The molecule has 2 aromatic carbocycles. The first-order valence-electron chi connectivity index (χ1n) is 6.35. The zero-order chi connectivity index (χ0) is 14.7. The van der Waals surface area contributed by atoms with E-state index in [1.807, 2.05) is 42.5 Å². The number of fused-ring (bicyclic) bond motifs is 1. The number of nitrogens with zero attached hydrogens (tertiary/aromatic N) is 2. The van der Waals surface area contributed by atoms with Crippen LogP contribution in [0.2, 0.25) is 0 Å². The highest BCUT2D eigenvalue weighted by molar-refractivity contribution is 7.99. The number of hydrogen-bond acceptors (Lipinski definition) is 5. The van der Waals surface area contributed by atoms with Crippen LogP contribution in [0.15, 0.2) is 64.6 Å². The lowest BCUT2D eigenvalue weighted by atomic mass is 10.2. The van der Waals surface area contributed by atoms with E-state index in [4.69, 9.17) is 4.74 Å². The summed E-state index contributed by atoms with van der Waals surface area (Å²) < 4.78 is 4.80. The molecular formula is C16H12N2O2S. The van der Waals surface area contributed by atoms with Gasteiger partial charge in [0.05, 0.1) is 29.9 Å². The minimum atomic E-state index is -0.355. The first-order chi connectivity index (χ1) is 10.3. The third-order valence-electron chi connectivity index (χ3n) is 2.93. The molecule has 0 radical (unpaired) electrons. The Morgan fingerprint density at radius 3 is 2.57 bits per heavy atom. The van der Waals surface area contributed by atoms with Crippen molar-refractivity contribution in [2.24, 2.45) is 0 Å². The van der Waals surface area contributed by atoms with Crippen LogP contribution in [0.1, 0.15) is 10.4 Å². The molecule has 104 valence electrons. The Morgan fingerprint density at radius 2 is 1.76 bits per heavy atom. The molecule has 1 heterocycles. The molecule has 0 aliphatic heterocycles. The first kappa shape index (κ1) is 13.6. The quantitative estimate of drug-likeness (QED) is 0.692. The number of hydrogen-bond donors (Lipinski definition) is 0. The van der Waals surface area contributed by atoms with Crippen LogP contribution >= 0.6 is 11.8 Å².